The average Bonchev–Trinajstić information content (AvgIpc) is 2.51. The molecule has 2 amide bonds. The molecule has 2 N–H and O–H groups in total. The van der Waals surface area contributed by atoms with E-state index < -0.39 is 17.5 Å². The van der Waals surface area contributed by atoms with Crippen LogP contribution in [0.25, 0.3) is 0 Å². The minimum atomic E-state index is -0.788. The largest absolute Gasteiger partial charge is 0.489 e. The lowest BCUT2D eigenvalue weighted by Gasteiger charge is -2.15. The van der Waals surface area contributed by atoms with E-state index in [1.165, 1.54) is 31.2 Å². The van der Waals surface area contributed by atoms with Gasteiger partial charge in [0.15, 0.2) is 0 Å². The van der Waals surface area contributed by atoms with Crippen LogP contribution in [0, 0.1) is 11.6 Å². The van der Waals surface area contributed by atoms with Gasteiger partial charge in [0, 0.05) is 18.7 Å². The summed E-state index contributed by atoms with van der Waals surface area (Å²) in [5.41, 5.74) is 0.0750. The van der Waals surface area contributed by atoms with E-state index in [2.05, 4.69) is 10.6 Å². The van der Waals surface area contributed by atoms with Crippen LogP contribution in [0.3, 0.4) is 0 Å². The van der Waals surface area contributed by atoms with Gasteiger partial charge in [-0.3, -0.25) is 9.59 Å². The van der Waals surface area contributed by atoms with Crippen LogP contribution in [-0.2, 0) is 4.79 Å². The molecule has 0 radical (unpaired) electrons. The van der Waals surface area contributed by atoms with Crippen molar-refractivity contribution in [3.63, 3.8) is 0 Å². The fourth-order valence-corrected chi connectivity index (χ4v) is 2.13. The quantitative estimate of drug-likeness (QED) is 0.859. The number of rotatable bonds is 5. The van der Waals surface area contributed by atoms with Crippen LogP contribution in [0.2, 0.25) is 0 Å². The van der Waals surface area contributed by atoms with Crippen molar-refractivity contribution in [2.45, 2.75) is 26.9 Å². The summed E-state index contributed by atoms with van der Waals surface area (Å²) in [6, 6.07) is 7.28. The van der Waals surface area contributed by atoms with Gasteiger partial charge in [0.05, 0.1) is 17.4 Å². The highest BCUT2D eigenvalue weighted by Gasteiger charge is 2.16. The summed E-state index contributed by atoms with van der Waals surface area (Å²) in [6.07, 6.45) is -0.194. The van der Waals surface area contributed by atoms with Crippen LogP contribution >= 0.6 is 0 Å². The molecule has 0 aromatic heterocycles. The summed E-state index contributed by atoms with van der Waals surface area (Å²) in [6.45, 7) is 4.86. The van der Waals surface area contributed by atoms with Gasteiger partial charge in [-0.05, 0) is 44.2 Å². The van der Waals surface area contributed by atoms with E-state index in [-0.39, 0.29) is 34.7 Å². The zero-order valence-electron chi connectivity index (χ0n) is 14.0. The molecule has 0 aliphatic heterocycles. The summed E-state index contributed by atoms with van der Waals surface area (Å²) in [5.74, 6) is -2.21. The Labute approximate surface area is 144 Å². The first kappa shape index (κ1) is 18.4. The minimum Gasteiger partial charge on any atom is -0.489 e. The van der Waals surface area contributed by atoms with Crippen LogP contribution < -0.4 is 15.4 Å². The molecular formula is C18H18F2N2O3. The van der Waals surface area contributed by atoms with Gasteiger partial charge in [0.2, 0.25) is 5.91 Å². The summed E-state index contributed by atoms with van der Waals surface area (Å²) in [4.78, 5) is 23.5. The molecule has 0 saturated heterocycles. The van der Waals surface area contributed by atoms with Crippen LogP contribution in [0.1, 0.15) is 31.1 Å². The molecular weight excluding hydrogens is 330 g/mol. The number of benzene rings is 2. The number of carbonyl (C=O) groups is 2. The Bertz CT molecular complexity index is 807. The maximum atomic E-state index is 14.0. The lowest BCUT2D eigenvalue weighted by atomic mass is 10.1. The fourth-order valence-electron chi connectivity index (χ4n) is 2.13. The monoisotopic (exact) mass is 348 g/mol. The highest BCUT2D eigenvalue weighted by molar-refractivity contribution is 6.06. The third-order valence-electron chi connectivity index (χ3n) is 3.08. The van der Waals surface area contributed by atoms with E-state index in [4.69, 9.17) is 4.74 Å². The molecule has 0 heterocycles. The van der Waals surface area contributed by atoms with Crippen LogP contribution in [-0.4, -0.2) is 17.9 Å². The zero-order chi connectivity index (χ0) is 18.6. The molecule has 7 heteroatoms. The van der Waals surface area contributed by atoms with Crippen LogP contribution in [0.4, 0.5) is 20.2 Å². The summed E-state index contributed by atoms with van der Waals surface area (Å²) in [5, 5.41) is 4.91. The number of hydrogen-bond donors (Lipinski definition) is 2. The Balaban J connectivity index is 2.30. The maximum Gasteiger partial charge on any atom is 0.258 e. The van der Waals surface area contributed by atoms with Crippen molar-refractivity contribution in [2.24, 2.45) is 0 Å². The van der Waals surface area contributed by atoms with E-state index in [0.717, 1.165) is 12.1 Å². The molecule has 0 bridgehead atoms. The first-order chi connectivity index (χ1) is 11.8. The first-order valence-electron chi connectivity index (χ1n) is 7.61. The van der Waals surface area contributed by atoms with Crippen molar-refractivity contribution in [3.05, 3.63) is 53.6 Å². The predicted octanol–water partition coefficient (Wildman–Crippen LogP) is 3.96. The number of nitrogens with one attached hydrogen (secondary N) is 2. The van der Waals surface area contributed by atoms with Gasteiger partial charge in [-0.25, -0.2) is 8.78 Å². The Morgan fingerprint density at radius 3 is 2.40 bits per heavy atom. The fraction of sp³-hybridized carbons (Fsp3) is 0.222. The van der Waals surface area contributed by atoms with Crippen molar-refractivity contribution in [1.29, 1.82) is 0 Å². The minimum absolute atomic E-state index is 0.0861. The normalized spacial score (nSPS) is 10.5. The molecule has 2 rings (SSSR count). The van der Waals surface area contributed by atoms with Gasteiger partial charge < -0.3 is 15.4 Å². The van der Waals surface area contributed by atoms with E-state index in [1.807, 2.05) is 0 Å². The summed E-state index contributed by atoms with van der Waals surface area (Å²) in [7, 11) is 0. The van der Waals surface area contributed by atoms with Gasteiger partial charge in [-0.2, -0.15) is 0 Å². The van der Waals surface area contributed by atoms with E-state index in [9.17, 15) is 18.4 Å². The van der Waals surface area contributed by atoms with Crippen molar-refractivity contribution in [2.75, 3.05) is 10.6 Å². The molecule has 0 aliphatic carbocycles. The lowest BCUT2D eigenvalue weighted by molar-refractivity contribution is -0.114. The van der Waals surface area contributed by atoms with Gasteiger partial charge >= 0.3 is 0 Å². The van der Waals surface area contributed by atoms with Crippen LogP contribution in [0.5, 0.6) is 5.75 Å². The van der Waals surface area contributed by atoms with Crippen molar-refractivity contribution < 1.29 is 23.1 Å². The molecule has 2 aromatic carbocycles. The third kappa shape index (κ3) is 5.00. The number of halogens is 2. The second kappa shape index (κ2) is 7.74. The molecule has 0 spiro atoms. The Kier molecular flexibility index (Phi) is 5.69. The van der Waals surface area contributed by atoms with Crippen molar-refractivity contribution >= 4 is 23.2 Å². The van der Waals surface area contributed by atoms with E-state index in [0.29, 0.717) is 0 Å². The van der Waals surface area contributed by atoms with Crippen LogP contribution in [0.15, 0.2) is 36.4 Å². The SMILES string of the molecule is CC(=O)Nc1ccc(F)c(C(=O)Nc2cc(F)ccc2OC(C)C)c1. The molecule has 0 aliphatic rings. The molecule has 0 fully saturated rings. The number of carbonyl (C=O) groups excluding carboxylic acids is 2. The van der Waals surface area contributed by atoms with Crippen molar-refractivity contribution in [1.82, 2.24) is 0 Å². The van der Waals surface area contributed by atoms with E-state index in [1.54, 1.807) is 13.8 Å². The Morgan fingerprint density at radius 2 is 1.76 bits per heavy atom. The summed E-state index contributed by atoms with van der Waals surface area (Å²) >= 11 is 0. The molecule has 2 aromatic rings. The second-order valence-corrected chi connectivity index (χ2v) is 5.64. The van der Waals surface area contributed by atoms with E-state index >= 15 is 0 Å². The smallest absolute Gasteiger partial charge is 0.258 e. The highest BCUT2D eigenvalue weighted by atomic mass is 19.1. The molecule has 132 valence electrons. The van der Waals surface area contributed by atoms with Gasteiger partial charge in [-0.1, -0.05) is 0 Å². The van der Waals surface area contributed by atoms with Gasteiger partial charge in [0.25, 0.3) is 5.91 Å². The second-order valence-electron chi connectivity index (χ2n) is 5.64. The standard InChI is InChI=1S/C18H18F2N2O3/c1-10(2)25-17-7-4-12(19)8-16(17)22-18(24)14-9-13(21-11(3)23)5-6-15(14)20/h4-10H,1-3H3,(H,21,23)(H,22,24). The maximum absolute atomic E-state index is 14.0. The first-order valence-corrected chi connectivity index (χ1v) is 7.61. The van der Waals surface area contributed by atoms with Crippen molar-refractivity contribution in [3.8, 4) is 5.75 Å². The zero-order valence-corrected chi connectivity index (χ0v) is 14.0. The highest BCUT2D eigenvalue weighted by Crippen LogP contribution is 2.27. The molecule has 5 nitrogen and oxygen atoms in total. The Morgan fingerprint density at radius 1 is 1.04 bits per heavy atom. The molecule has 0 unspecified atom stereocenters. The molecule has 25 heavy (non-hydrogen) atoms. The number of amides is 2. The average molecular weight is 348 g/mol. The number of hydrogen-bond acceptors (Lipinski definition) is 3. The lowest BCUT2D eigenvalue weighted by Crippen LogP contribution is -2.17. The predicted molar refractivity (Wildman–Crippen MR) is 90.8 cm³/mol. The number of anilines is 2. The topological polar surface area (TPSA) is 67.4 Å². The molecule has 0 saturated carbocycles. The van der Waals surface area contributed by atoms with Gasteiger partial charge in [0.1, 0.15) is 17.4 Å². The molecule has 0 atom stereocenters. The summed E-state index contributed by atoms with van der Waals surface area (Å²) < 4.78 is 33.0. The van der Waals surface area contributed by atoms with Gasteiger partial charge in [-0.15, -0.1) is 0 Å². The number of ether oxygens (including phenoxy) is 1. The third-order valence-corrected chi connectivity index (χ3v) is 3.08. The Hall–Kier alpha value is -2.96.